The number of amides is 3. The molecule has 0 bridgehead atoms. The van der Waals surface area contributed by atoms with Crippen molar-refractivity contribution < 1.29 is 28.7 Å². The first kappa shape index (κ1) is 25.5. The molecule has 9 nitrogen and oxygen atoms in total. The molecule has 1 aromatic carbocycles. The van der Waals surface area contributed by atoms with Gasteiger partial charge in [0.1, 0.15) is 18.7 Å². The Bertz CT molecular complexity index is 840. The van der Waals surface area contributed by atoms with Gasteiger partial charge in [-0.05, 0) is 30.7 Å². The molecular weight excluding hydrogens is 438 g/mol. The van der Waals surface area contributed by atoms with Crippen LogP contribution in [-0.2, 0) is 30.5 Å². The van der Waals surface area contributed by atoms with Gasteiger partial charge in [0.15, 0.2) is 0 Å². The molecule has 2 fully saturated rings. The Morgan fingerprint density at radius 1 is 1.00 bits per heavy atom. The van der Waals surface area contributed by atoms with E-state index in [1.54, 1.807) is 0 Å². The molecule has 1 heterocycles. The lowest BCUT2D eigenvalue weighted by Crippen LogP contribution is -2.53. The standard InChI is InChI=1S/C25H35N3O6/c1-33-24(31)21(15-19-12-13-26-22(19)29)27-23(30)20(14-17-8-4-2-5-9-17)28-25(32)34-16-18-10-6-3-7-11-18/h3,6-7,10-11,17,19-21H,2,4-5,8-9,12-16H2,1H3,(H,26,29)(H,27,30)(H,28,32)/t19?,20-,21-/m0/s1. The van der Waals surface area contributed by atoms with Crippen molar-refractivity contribution in [3.8, 4) is 0 Å². The topological polar surface area (TPSA) is 123 Å². The van der Waals surface area contributed by atoms with Crippen molar-refractivity contribution in [3.63, 3.8) is 0 Å². The summed E-state index contributed by atoms with van der Waals surface area (Å²) in [5.74, 6) is -1.29. The van der Waals surface area contributed by atoms with Crippen LogP contribution in [0.2, 0.25) is 0 Å². The van der Waals surface area contributed by atoms with E-state index in [4.69, 9.17) is 9.47 Å². The molecule has 34 heavy (non-hydrogen) atoms. The van der Waals surface area contributed by atoms with Crippen LogP contribution < -0.4 is 16.0 Å². The van der Waals surface area contributed by atoms with E-state index in [2.05, 4.69) is 16.0 Å². The van der Waals surface area contributed by atoms with Gasteiger partial charge in [-0.3, -0.25) is 9.59 Å². The highest BCUT2D eigenvalue weighted by molar-refractivity contribution is 5.90. The predicted molar refractivity (Wildman–Crippen MR) is 124 cm³/mol. The molecule has 9 heteroatoms. The van der Waals surface area contributed by atoms with E-state index < -0.39 is 30.1 Å². The lowest BCUT2D eigenvalue weighted by atomic mass is 9.84. The van der Waals surface area contributed by atoms with E-state index in [0.29, 0.717) is 25.3 Å². The minimum Gasteiger partial charge on any atom is -0.467 e. The summed E-state index contributed by atoms with van der Waals surface area (Å²) in [5, 5.41) is 8.15. The molecule has 1 unspecified atom stereocenters. The number of ether oxygens (including phenoxy) is 2. The largest absolute Gasteiger partial charge is 0.467 e. The molecule has 3 amide bonds. The fourth-order valence-electron chi connectivity index (χ4n) is 4.68. The van der Waals surface area contributed by atoms with E-state index >= 15 is 0 Å². The smallest absolute Gasteiger partial charge is 0.408 e. The average Bonchev–Trinajstić information content (AvgIpc) is 3.26. The number of methoxy groups -OCH3 is 1. The highest BCUT2D eigenvalue weighted by Crippen LogP contribution is 2.27. The molecule has 1 aromatic rings. The molecule has 3 atom stereocenters. The minimum absolute atomic E-state index is 0.0893. The Labute approximate surface area is 200 Å². The Balaban J connectivity index is 1.64. The third-order valence-electron chi connectivity index (χ3n) is 6.60. The zero-order valence-electron chi connectivity index (χ0n) is 19.7. The maximum atomic E-state index is 13.2. The second-order valence-electron chi connectivity index (χ2n) is 9.10. The maximum Gasteiger partial charge on any atom is 0.408 e. The van der Waals surface area contributed by atoms with E-state index in [0.717, 1.165) is 31.2 Å². The SMILES string of the molecule is COC(=O)[C@H](CC1CCNC1=O)NC(=O)[C@H](CC1CCCCC1)NC(=O)OCc1ccccc1. The first-order chi connectivity index (χ1) is 16.5. The van der Waals surface area contributed by atoms with Gasteiger partial charge in [-0.25, -0.2) is 9.59 Å². The zero-order valence-corrected chi connectivity index (χ0v) is 19.7. The van der Waals surface area contributed by atoms with Gasteiger partial charge in [0.05, 0.1) is 7.11 Å². The molecule has 0 radical (unpaired) electrons. The molecule has 1 saturated carbocycles. The summed E-state index contributed by atoms with van der Waals surface area (Å²) in [4.78, 5) is 50.1. The van der Waals surface area contributed by atoms with Crippen LogP contribution in [-0.4, -0.2) is 49.6 Å². The molecule has 1 aliphatic heterocycles. The van der Waals surface area contributed by atoms with Gasteiger partial charge >= 0.3 is 12.1 Å². The Morgan fingerprint density at radius 2 is 1.74 bits per heavy atom. The summed E-state index contributed by atoms with van der Waals surface area (Å²) in [7, 11) is 1.24. The molecule has 186 valence electrons. The van der Waals surface area contributed by atoms with Crippen molar-refractivity contribution in [1.29, 1.82) is 0 Å². The van der Waals surface area contributed by atoms with Crippen molar-refractivity contribution in [2.75, 3.05) is 13.7 Å². The van der Waals surface area contributed by atoms with E-state index in [9.17, 15) is 19.2 Å². The van der Waals surface area contributed by atoms with Crippen LogP contribution in [0.4, 0.5) is 4.79 Å². The lowest BCUT2D eigenvalue weighted by molar-refractivity contribution is -0.146. The van der Waals surface area contributed by atoms with Gasteiger partial charge in [-0.1, -0.05) is 62.4 Å². The summed E-state index contributed by atoms with van der Waals surface area (Å²) in [6, 6.07) is 7.46. The molecule has 1 aliphatic carbocycles. The molecular formula is C25H35N3O6. The number of carbonyl (C=O) groups excluding carboxylic acids is 4. The average molecular weight is 474 g/mol. The van der Waals surface area contributed by atoms with Gasteiger partial charge in [0.25, 0.3) is 0 Å². The van der Waals surface area contributed by atoms with Gasteiger partial charge in [-0.2, -0.15) is 0 Å². The first-order valence-corrected chi connectivity index (χ1v) is 12.1. The fourth-order valence-corrected chi connectivity index (χ4v) is 4.68. The van der Waals surface area contributed by atoms with E-state index in [1.807, 2.05) is 30.3 Å². The van der Waals surface area contributed by atoms with Crippen molar-refractivity contribution >= 4 is 23.9 Å². The van der Waals surface area contributed by atoms with Crippen molar-refractivity contribution in [3.05, 3.63) is 35.9 Å². The van der Waals surface area contributed by atoms with Crippen molar-refractivity contribution in [2.24, 2.45) is 11.8 Å². The summed E-state index contributed by atoms with van der Waals surface area (Å²) < 4.78 is 10.2. The second kappa shape index (κ2) is 13.0. The second-order valence-corrected chi connectivity index (χ2v) is 9.10. The van der Waals surface area contributed by atoms with Crippen LogP contribution in [0.1, 0.15) is 56.9 Å². The fraction of sp³-hybridized carbons (Fsp3) is 0.600. The molecule has 0 spiro atoms. The monoisotopic (exact) mass is 473 g/mol. The van der Waals surface area contributed by atoms with Crippen LogP contribution in [0.3, 0.4) is 0 Å². The minimum atomic E-state index is -0.970. The summed E-state index contributed by atoms with van der Waals surface area (Å²) in [6.45, 7) is 0.635. The summed E-state index contributed by atoms with van der Waals surface area (Å²) >= 11 is 0. The summed E-state index contributed by atoms with van der Waals surface area (Å²) in [6.07, 6.45) is 5.87. The quantitative estimate of drug-likeness (QED) is 0.449. The number of carbonyl (C=O) groups is 4. The van der Waals surface area contributed by atoms with Crippen molar-refractivity contribution in [1.82, 2.24) is 16.0 Å². The van der Waals surface area contributed by atoms with Gasteiger partial charge in [0.2, 0.25) is 11.8 Å². The number of nitrogens with one attached hydrogen (secondary N) is 3. The predicted octanol–water partition coefficient (Wildman–Crippen LogP) is 2.44. The zero-order chi connectivity index (χ0) is 24.3. The third-order valence-corrected chi connectivity index (χ3v) is 6.60. The van der Waals surface area contributed by atoms with Crippen molar-refractivity contribution in [2.45, 2.75) is 70.1 Å². The maximum absolute atomic E-state index is 13.2. The van der Waals surface area contributed by atoms with Crippen LogP contribution in [0.15, 0.2) is 30.3 Å². The number of benzene rings is 1. The van der Waals surface area contributed by atoms with Gasteiger partial charge < -0.3 is 25.4 Å². The molecule has 3 rings (SSSR count). The number of alkyl carbamates (subject to hydrolysis) is 1. The number of esters is 1. The lowest BCUT2D eigenvalue weighted by Gasteiger charge is -2.28. The Hall–Kier alpha value is -3.10. The Morgan fingerprint density at radius 3 is 2.38 bits per heavy atom. The van der Waals surface area contributed by atoms with Crippen LogP contribution in [0.5, 0.6) is 0 Å². The Kier molecular flexibility index (Phi) is 9.73. The normalized spacial score (nSPS) is 20.0. The molecule has 2 aliphatic rings. The number of hydrogen-bond donors (Lipinski definition) is 3. The van der Waals surface area contributed by atoms with Crippen LogP contribution in [0.25, 0.3) is 0 Å². The first-order valence-electron chi connectivity index (χ1n) is 12.1. The highest BCUT2D eigenvalue weighted by Gasteiger charge is 2.34. The third kappa shape index (κ3) is 7.74. The van der Waals surface area contributed by atoms with Crippen LogP contribution >= 0.6 is 0 Å². The number of rotatable bonds is 10. The highest BCUT2D eigenvalue weighted by atomic mass is 16.5. The van der Waals surface area contributed by atoms with E-state index in [-0.39, 0.29) is 24.9 Å². The van der Waals surface area contributed by atoms with Gasteiger partial charge in [-0.15, -0.1) is 0 Å². The van der Waals surface area contributed by atoms with Crippen LogP contribution in [0, 0.1) is 11.8 Å². The number of hydrogen-bond acceptors (Lipinski definition) is 6. The van der Waals surface area contributed by atoms with E-state index in [1.165, 1.54) is 13.5 Å². The molecule has 3 N–H and O–H groups in total. The molecule has 1 saturated heterocycles. The van der Waals surface area contributed by atoms with Gasteiger partial charge in [0, 0.05) is 12.5 Å². The molecule has 0 aromatic heterocycles. The summed E-state index contributed by atoms with van der Waals surface area (Å²) in [5.41, 5.74) is 0.839.